The van der Waals surface area contributed by atoms with Gasteiger partial charge in [0.05, 0.1) is 13.1 Å². The summed E-state index contributed by atoms with van der Waals surface area (Å²) in [6, 6.07) is 5.74. The Morgan fingerprint density at radius 2 is 1.89 bits per heavy atom. The molecule has 1 aromatic rings. The molecule has 0 saturated heterocycles. The number of carbonyl (C=O) groups excluding carboxylic acids is 2. The van der Waals surface area contributed by atoms with Gasteiger partial charge in [-0.25, -0.2) is 0 Å². The molecule has 0 radical (unpaired) electrons. The fourth-order valence-corrected chi connectivity index (χ4v) is 1.91. The third-order valence-corrected chi connectivity index (χ3v) is 2.88. The number of carbonyl (C=O) groups is 2. The van der Waals surface area contributed by atoms with Crippen molar-refractivity contribution >= 4 is 11.7 Å². The van der Waals surface area contributed by atoms with Gasteiger partial charge in [-0.3, -0.25) is 14.5 Å². The first-order valence-corrected chi connectivity index (χ1v) is 6.05. The van der Waals surface area contributed by atoms with E-state index in [-0.39, 0.29) is 18.9 Å². The van der Waals surface area contributed by atoms with Gasteiger partial charge in [0.1, 0.15) is 0 Å². The molecule has 0 heterocycles. The number of primary amides is 1. The van der Waals surface area contributed by atoms with E-state index in [1.165, 1.54) is 0 Å². The minimum absolute atomic E-state index is 0.0237. The Labute approximate surface area is 108 Å². The van der Waals surface area contributed by atoms with E-state index in [0.717, 1.165) is 11.1 Å². The van der Waals surface area contributed by atoms with Gasteiger partial charge in [-0.2, -0.15) is 0 Å². The predicted molar refractivity (Wildman–Crippen MR) is 71.6 cm³/mol. The maximum Gasteiger partial charge on any atom is 0.231 e. The van der Waals surface area contributed by atoms with Gasteiger partial charge in [-0.1, -0.05) is 30.7 Å². The van der Waals surface area contributed by atoms with E-state index < -0.39 is 5.91 Å². The van der Waals surface area contributed by atoms with Crippen molar-refractivity contribution in [1.82, 2.24) is 4.90 Å². The molecular weight excluding hydrogens is 228 g/mol. The van der Waals surface area contributed by atoms with Crippen LogP contribution in [0.15, 0.2) is 18.2 Å². The van der Waals surface area contributed by atoms with Gasteiger partial charge in [0.2, 0.25) is 5.91 Å². The van der Waals surface area contributed by atoms with Crippen molar-refractivity contribution in [2.45, 2.75) is 20.8 Å². The number of Topliss-reactive ketones (excluding diaryl/α,β-unsaturated/α-hetero) is 1. The molecule has 1 aromatic carbocycles. The standard InChI is InChI=1S/C14H20N2O2/c1-4-16(9-14(15)18)8-13(17)12-6-5-10(2)7-11(12)3/h5-7H,4,8-9H2,1-3H3,(H2,15,18). The lowest BCUT2D eigenvalue weighted by Crippen LogP contribution is -2.37. The van der Waals surface area contributed by atoms with Crippen molar-refractivity contribution in [3.63, 3.8) is 0 Å². The predicted octanol–water partition coefficient (Wildman–Crippen LogP) is 1.29. The van der Waals surface area contributed by atoms with Crippen LogP contribution in [0.3, 0.4) is 0 Å². The lowest BCUT2D eigenvalue weighted by molar-refractivity contribution is -0.118. The number of benzene rings is 1. The number of ketones is 1. The van der Waals surface area contributed by atoms with Crippen molar-refractivity contribution < 1.29 is 9.59 Å². The largest absolute Gasteiger partial charge is 0.369 e. The van der Waals surface area contributed by atoms with Crippen LogP contribution in [-0.4, -0.2) is 36.2 Å². The lowest BCUT2D eigenvalue weighted by atomic mass is 10.0. The van der Waals surface area contributed by atoms with E-state index in [4.69, 9.17) is 5.73 Å². The molecule has 1 rings (SSSR count). The molecule has 0 saturated carbocycles. The molecule has 4 nitrogen and oxygen atoms in total. The molecule has 4 heteroatoms. The third kappa shape index (κ3) is 3.96. The molecule has 1 amide bonds. The molecule has 0 fully saturated rings. The molecular formula is C14H20N2O2. The molecule has 98 valence electrons. The van der Waals surface area contributed by atoms with Gasteiger partial charge in [0, 0.05) is 5.56 Å². The van der Waals surface area contributed by atoms with E-state index >= 15 is 0 Å². The van der Waals surface area contributed by atoms with Crippen molar-refractivity contribution in [3.8, 4) is 0 Å². The summed E-state index contributed by atoms with van der Waals surface area (Å²) in [5, 5.41) is 0. The van der Waals surface area contributed by atoms with Crippen LogP contribution in [-0.2, 0) is 4.79 Å². The number of nitrogens with two attached hydrogens (primary N) is 1. The van der Waals surface area contributed by atoms with E-state index in [0.29, 0.717) is 12.1 Å². The first kappa shape index (κ1) is 14.4. The second-order valence-electron chi connectivity index (χ2n) is 4.51. The maximum atomic E-state index is 12.1. The number of hydrogen-bond acceptors (Lipinski definition) is 3. The van der Waals surface area contributed by atoms with E-state index in [1.54, 1.807) is 4.90 Å². The molecule has 0 aliphatic rings. The SMILES string of the molecule is CCN(CC(N)=O)CC(=O)c1ccc(C)cc1C. The van der Waals surface area contributed by atoms with Crippen molar-refractivity contribution in [1.29, 1.82) is 0 Å². The van der Waals surface area contributed by atoms with Gasteiger partial charge in [0.25, 0.3) is 0 Å². The Hall–Kier alpha value is -1.68. The van der Waals surface area contributed by atoms with Crippen molar-refractivity contribution in [2.75, 3.05) is 19.6 Å². The van der Waals surface area contributed by atoms with Gasteiger partial charge in [-0.05, 0) is 26.0 Å². The number of aryl methyl sites for hydroxylation is 2. The first-order chi connectivity index (χ1) is 8.43. The molecule has 0 aliphatic heterocycles. The monoisotopic (exact) mass is 248 g/mol. The van der Waals surface area contributed by atoms with E-state index in [2.05, 4.69) is 0 Å². The normalized spacial score (nSPS) is 10.7. The van der Waals surface area contributed by atoms with Crippen LogP contribution in [0, 0.1) is 13.8 Å². The minimum atomic E-state index is -0.412. The summed E-state index contributed by atoms with van der Waals surface area (Å²) in [6.07, 6.45) is 0. The fourth-order valence-electron chi connectivity index (χ4n) is 1.91. The van der Waals surface area contributed by atoms with Crippen LogP contribution in [0.4, 0.5) is 0 Å². The molecule has 0 aromatic heterocycles. The van der Waals surface area contributed by atoms with Crippen LogP contribution in [0.25, 0.3) is 0 Å². The summed E-state index contributed by atoms with van der Waals surface area (Å²) in [7, 11) is 0. The molecule has 0 spiro atoms. The van der Waals surface area contributed by atoms with Crippen LogP contribution in [0.5, 0.6) is 0 Å². The smallest absolute Gasteiger partial charge is 0.231 e. The van der Waals surface area contributed by atoms with Gasteiger partial charge < -0.3 is 5.73 Å². The van der Waals surface area contributed by atoms with Gasteiger partial charge in [0.15, 0.2) is 5.78 Å². The van der Waals surface area contributed by atoms with Gasteiger partial charge in [-0.15, -0.1) is 0 Å². The Morgan fingerprint density at radius 3 is 2.39 bits per heavy atom. The van der Waals surface area contributed by atoms with Crippen molar-refractivity contribution in [2.24, 2.45) is 5.73 Å². The Balaban J connectivity index is 2.77. The Morgan fingerprint density at radius 1 is 1.22 bits per heavy atom. The second kappa shape index (κ2) is 6.31. The Kier molecular flexibility index (Phi) is 5.04. The zero-order valence-electron chi connectivity index (χ0n) is 11.2. The van der Waals surface area contributed by atoms with Gasteiger partial charge >= 0.3 is 0 Å². The summed E-state index contributed by atoms with van der Waals surface area (Å²) < 4.78 is 0. The average Bonchev–Trinajstić information content (AvgIpc) is 2.27. The summed E-state index contributed by atoms with van der Waals surface area (Å²) >= 11 is 0. The highest BCUT2D eigenvalue weighted by molar-refractivity contribution is 5.99. The number of nitrogens with zero attached hydrogens (tertiary/aromatic N) is 1. The molecule has 0 aliphatic carbocycles. The summed E-state index contributed by atoms with van der Waals surface area (Å²) in [6.45, 7) is 6.78. The summed E-state index contributed by atoms with van der Waals surface area (Å²) in [4.78, 5) is 24.7. The Bertz CT molecular complexity index is 455. The number of amides is 1. The third-order valence-electron chi connectivity index (χ3n) is 2.88. The minimum Gasteiger partial charge on any atom is -0.369 e. The van der Waals surface area contributed by atoms with Crippen molar-refractivity contribution in [3.05, 3.63) is 34.9 Å². The van der Waals surface area contributed by atoms with E-state index in [1.807, 2.05) is 39.0 Å². The maximum absolute atomic E-state index is 12.1. The number of hydrogen-bond donors (Lipinski definition) is 1. The number of rotatable bonds is 6. The lowest BCUT2D eigenvalue weighted by Gasteiger charge is -2.18. The average molecular weight is 248 g/mol. The molecule has 0 unspecified atom stereocenters. The molecule has 2 N–H and O–H groups in total. The number of likely N-dealkylation sites (N-methyl/N-ethyl adjacent to an activating group) is 1. The molecule has 0 atom stereocenters. The highest BCUT2D eigenvalue weighted by Crippen LogP contribution is 2.11. The quantitative estimate of drug-likeness (QED) is 0.772. The molecule has 18 heavy (non-hydrogen) atoms. The summed E-state index contributed by atoms with van der Waals surface area (Å²) in [5.74, 6) is -0.388. The van der Waals surface area contributed by atoms with Crippen LogP contribution in [0.1, 0.15) is 28.4 Å². The van der Waals surface area contributed by atoms with Crippen LogP contribution in [0.2, 0.25) is 0 Å². The second-order valence-corrected chi connectivity index (χ2v) is 4.51. The zero-order chi connectivity index (χ0) is 13.7. The topological polar surface area (TPSA) is 63.4 Å². The van der Waals surface area contributed by atoms with Crippen LogP contribution >= 0.6 is 0 Å². The van der Waals surface area contributed by atoms with E-state index in [9.17, 15) is 9.59 Å². The highest BCUT2D eigenvalue weighted by atomic mass is 16.1. The summed E-state index contributed by atoms with van der Waals surface area (Å²) in [5.41, 5.74) is 7.95. The zero-order valence-corrected chi connectivity index (χ0v) is 11.2. The molecule has 0 bridgehead atoms. The highest BCUT2D eigenvalue weighted by Gasteiger charge is 2.14. The van der Waals surface area contributed by atoms with Crippen LogP contribution < -0.4 is 5.73 Å². The first-order valence-electron chi connectivity index (χ1n) is 6.05. The fraction of sp³-hybridized carbons (Fsp3) is 0.429.